The normalized spacial score (nSPS) is 12.1. The summed E-state index contributed by atoms with van der Waals surface area (Å²) in [5.74, 6) is 0.280. The van der Waals surface area contributed by atoms with E-state index in [9.17, 15) is 5.11 Å². The average Bonchev–Trinajstić information content (AvgIpc) is 2.29. The lowest BCUT2D eigenvalue weighted by Crippen LogP contribution is -2.06. The fourth-order valence-corrected chi connectivity index (χ4v) is 1.90. The Labute approximate surface area is 106 Å². The molecule has 0 saturated carbocycles. The van der Waals surface area contributed by atoms with Crippen LogP contribution in [0.4, 0.5) is 5.69 Å². The van der Waals surface area contributed by atoms with E-state index in [1.54, 1.807) is 12.1 Å². The predicted octanol–water partition coefficient (Wildman–Crippen LogP) is 4.22. The Hall–Kier alpha value is -1.67. The molecule has 17 heavy (non-hydrogen) atoms. The summed E-state index contributed by atoms with van der Waals surface area (Å²) in [6.07, 6.45) is 0. The van der Waals surface area contributed by atoms with E-state index in [4.69, 9.17) is 11.6 Å². The molecule has 0 spiro atoms. The number of hydrogen-bond acceptors (Lipinski definition) is 2. The summed E-state index contributed by atoms with van der Waals surface area (Å²) in [5.41, 5.74) is 2.00. The van der Waals surface area contributed by atoms with E-state index in [1.807, 2.05) is 43.3 Å². The highest BCUT2D eigenvalue weighted by molar-refractivity contribution is 6.30. The van der Waals surface area contributed by atoms with Crippen LogP contribution in [-0.4, -0.2) is 5.11 Å². The Bertz CT molecular complexity index is 513. The summed E-state index contributed by atoms with van der Waals surface area (Å²) < 4.78 is 0. The van der Waals surface area contributed by atoms with Crippen molar-refractivity contribution in [2.75, 3.05) is 5.32 Å². The monoisotopic (exact) mass is 247 g/mol. The zero-order chi connectivity index (χ0) is 12.3. The highest BCUT2D eigenvalue weighted by Gasteiger charge is 2.05. The number of halogens is 1. The quantitative estimate of drug-likeness (QED) is 0.851. The number of hydrogen-bond donors (Lipinski definition) is 2. The molecule has 2 nitrogen and oxygen atoms in total. The molecule has 0 aliphatic rings. The molecule has 3 heteroatoms. The standard InChI is InChI=1S/C14H14ClNO/c1-10(11-4-2-7-14(17)8-11)16-13-6-3-5-12(15)9-13/h2-10,16-17H,1H3. The topological polar surface area (TPSA) is 32.3 Å². The second-order valence-corrected chi connectivity index (χ2v) is 4.41. The third-order valence-corrected chi connectivity index (χ3v) is 2.81. The third-order valence-electron chi connectivity index (χ3n) is 2.58. The maximum atomic E-state index is 9.42. The maximum absolute atomic E-state index is 9.42. The molecule has 2 N–H and O–H groups in total. The zero-order valence-electron chi connectivity index (χ0n) is 9.52. The van der Waals surface area contributed by atoms with Crippen LogP contribution in [0.25, 0.3) is 0 Å². The van der Waals surface area contributed by atoms with Gasteiger partial charge in [0.05, 0.1) is 0 Å². The fourth-order valence-electron chi connectivity index (χ4n) is 1.71. The van der Waals surface area contributed by atoms with E-state index in [0.29, 0.717) is 5.02 Å². The molecule has 88 valence electrons. The van der Waals surface area contributed by atoms with Crippen molar-refractivity contribution in [1.82, 2.24) is 0 Å². The predicted molar refractivity (Wildman–Crippen MR) is 71.6 cm³/mol. The van der Waals surface area contributed by atoms with Gasteiger partial charge >= 0.3 is 0 Å². The lowest BCUT2D eigenvalue weighted by atomic mass is 10.1. The molecule has 0 radical (unpaired) electrons. The molecule has 1 unspecified atom stereocenters. The molecule has 2 aromatic carbocycles. The number of rotatable bonds is 3. The summed E-state index contributed by atoms with van der Waals surface area (Å²) in [4.78, 5) is 0. The van der Waals surface area contributed by atoms with E-state index in [0.717, 1.165) is 11.3 Å². The maximum Gasteiger partial charge on any atom is 0.115 e. The van der Waals surface area contributed by atoms with E-state index in [1.165, 1.54) is 0 Å². The SMILES string of the molecule is CC(Nc1cccc(Cl)c1)c1cccc(O)c1. The van der Waals surface area contributed by atoms with Gasteiger partial charge in [-0.2, -0.15) is 0 Å². The molecular formula is C14H14ClNO. The zero-order valence-corrected chi connectivity index (χ0v) is 10.3. The van der Waals surface area contributed by atoms with Gasteiger partial charge in [-0.3, -0.25) is 0 Å². The van der Waals surface area contributed by atoms with Gasteiger partial charge in [0.1, 0.15) is 5.75 Å². The van der Waals surface area contributed by atoms with Crippen LogP contribution in [0.5, 0.6) is 5.75 Å². The average molecular weight is 248 g/mol. The number of anilines is 1. The van der Waals surface area contributed by atoms with Crippen molar-refractivity contribution in [2.24, 2.45) is 0 Å². The van der Waals surface area contributed by atoms with E-state index in [2.05, 4.69) is 5.32 Å². The Kier molecular flexibility index (Phi) is 3.55. The lowest BCUT2D eigenvalue weighted by Gasteiger charge is -2.16. The Morgan fingerprint density at radius 1 is 1.12 bits per heavy atom. The van der Waals surface area contributed by atoms with Gasteiger partial charge < -0.3 is 10.4 Å². The highest BCUT2D eigenvalue weighted by Crippen LogP contribution is 2.23. The van der Waals surface area contributed by atoms with Crippen LogP contribution in [0, 0.1) is 0 Å². The second kappa shape index (κ2) is 5.11. The van der Waals surface area contributed by atoms with Crippen LogP contribution in [0.3, 0.4) is 0 Å². The lowest BCUT2D eigenvalue weighted by molar-refractivity contribution is 0.474. The molecule has 2 aromatic rings. The molecule has 0 saturated heterocycles. The summed E-state index contributed by atoms with van der Waals surface area (Å²) in [5, 5.41) is 13.5. The second-order valence-electron chi connectivity index (χ2n) is 3.97. The number of phenols is 1. The van der Waals surface area contributed by atoms with Crippen molar-refractivity contribution in [1.29, 1.82) is 0 Å². The molecule has 0 aliphatic carbocycles. The molecule has 0 amide bonds. The first kappa shape index (κ1) is 11.8. The van der Waals surface area contributed by atoms with Crippen LogP contribution in [-0.2, 0) is 0 Å². The van der Waals surface area contributed by atoms with Gasteiger partial charge in [0.2, 0.25) is 0 Å². The van der Waals surface area contributed by atoms with Crippen molar-refractivity contribution in [3.63, 3.8) is 0 Å². The minimum atomic E-state index is 0.112. The van der Waals surface area contributed by atoms with Crippen molar-refractivity contribution < 1.29 is 5.11 Å². The van der Waals surface area contributed by atoms with Gasteiger partial charge in [0, 0.05) is 16.8 Å². The summed E-state index contributed by atoms with van der Waals surface area (Å²) in [7, 11) is 0. The number of benzene rings is 2. The first-order valence-corrected chi connectivity index (χ1v) is 5.84. The van der Waals surface area contributed by atoms with Gasteiger partial charge in [-0.05, 0) is 42.8 Å². The first-order valence-electron chi connectivity index (χ1n) is 5.46. The van der Waals surface area contributed by atoms with Gasteiger partial charge in [0.25, 0.3) is 0 Å². The Morgan fingerprint density at radius 3 is 2.59 bits per heavy atom. The smallest absolute Gasteiger partial charge is 0.115 e. The largest absolute Gasteiger partial charge is 0.508 e. The Morgan fingerprint density at radius 2 is 1.88 bits per heavy atom. The van der Waals surface area contributed by atoms with Crippen LogP contribution >= 0.6 is 11.6 Å². The molecule has 0 fully saturated rings. The van der Waals surface area contributed by atoms with Crippen molar-refractivity contribution >= 4 is 17.3 Å². The van der Waals surface area contributed by atoms with Crippen LogP contribution in [0.15, 0.2) is 48.5 Å². The number of nitrogens with one attached hydrogen (secondary N) is 1. The summed E-state index contributed by atoms with van der Waals surface area (Å²) in [6.45, 7) is 2.04. The van der Waals surface area contributed by atoms with Crippen LogP contribution in [0.1, 0.15) is 18.5 Å². The number of phenolic OH excluding ortho intramolecular Hbond substituents is 1. The van der Waals surface area contributed by atoms with Crippen LogP contribution < -0.4 is 5.32 Å². The Balaban J connectivity index is 2.14. The fraction of sp³-hybridized carbons (Fsp3) is 0.143. The summed E-state index contributed by atoms with van der Waals surface area (Å²) >= 11 is 5.92. The molecule has 1 atom stereocenters. The van der Waals surface area contributed by atoms with Gasteiger partial charge in [-0.15, -0.1) is 0 Å². The number of aromatic hydroxyl groups is 1. The van der Waals surface area contributed by atoms with E-state index < -0.39 is 0 Å². The first-order chi connectivity index (χ1) is 8.15. The van der Waals surface area contributed by atoms with Crippen LogP contribution in [0.2, 0.25) is 5.02 Å². The van der Waals surface area contributed by atoms with E-state index in [-0.39, 0.29) is 11.8 Å². The highest BCUT2D eigenvalue weighted by atomic mass is 35.5. The van der Waals surface area contributed by atoms with E-state index >= 15 is 0 Å². The molecule has 0 heterocycles. The molecule has 2 rings (SSSR count). The minimum Gasteiger partial charge on any atom is -0.508 e. The van der Waals surface area contributed by atoms with Gasteiger partial charge in [-0.1, -0.05) is 29.8 Å². The van der Waals surface area contributed by atoms with Crippen molar-refractivity contribution in [3.8, 4) is 5.75 Å². The molecule has 0 bridgehead atoms. The summed E-state index contributed by atoms with van der Waals surface area (Å²) in [6, 6.07) is 14.9. The van der Waals surface area contributed by atoms with Crippen molar-refractivity contribution in [2.45, 2.75) is 13.0 Å². The molecule has 0 aromatic heterocycles. The third kappa shape index (κ3) is 3.14. The van der Waals surface area contributed by atoms with Gasteiger partial charge in [0.15, 0.2) is 0 Å². The van der Waals surface area contributed by atoms with Gasteiger partial charge in [-0.25, -0.2) is 0 Å². The minimum absolute atomic E-state index is 0.112. The molecule has 0 aliphatic heterocycles. The molecular weight excluding hydrogens is 234 g/mol. The van der Waals surface area contributed by atoms with Crippen molar-refractivity contribution in [3.05, 3.63) is 59.1 Å².